The molecule has 0 saturated carbocycles. The Balaban J connectivity index is 1.72. The Bertz CT molecular complexity index is 1090. The number of nitrogens with zero attached hydrogens (tertiary/aromatic N) is 2. The van der Waals surface area contributed by atoms with Gasteiger partial charge in [0.2, 0.25) is 0 Å². The van der Waals surface area contributed by atoms with E-state index in [0.29, 0.717) is 12.8 Å². The highest BCUT2D eigenvalue weighted by Gasteiger charge is 2.23. The van der Waals surface area contributed by atoms with Crippen LogP contribution in [0, 0.1) is 0 Å². The zero-order valence-electron chi connectivity index (χ0n) is 16.0. The van der Waals surface area contributed by atoms with Crippen LogP contribution in [0.3, 0.4) is 0 Å². The Hall–Kier alpha value is -3.95. The molecule has 1 atom stereocenters. The topological polar surface area (TPSA) is 171 Å². The van der Waals surface area contributed by atoms with Crippen LogP contribution < -0.4 is 11.1 Å². The van der Waals surface area contributed by atoms with Crippen molar-refractivity contribution in [1.82, 2.24) is 20.3 Å². The van der Waals surface area contributed by atoms with Gasteiger partial charge in [0, 0.05) is 29.9 Å². The molecule has 0 unspecified atom stereocenters. The van der Waals surface area contributed by atoms with Crippen molar-refractivity contribution in [2.75, 3.05) is 5.73 Å². The summed E-state index contributed by atoms with van der Waals surface area (Å²) in [5, 5.41) is 21.2. The van der Waals surface area contributed by atoms with Crippen LogP contribution in [-0.2, 0) is 22.4 Å². The number of nitrogen functional groups attached to an aromatic ring is 1. The van der Waals surface area contributed by atoms with Crippen molar-refractivity contribution in [3.63, 3.8) is 0 Å². The van der Waals surface area contributed by atoms with Crippen molar-refractivity contribution in [3.05, 3.63) is 53.6 Å². The van der Waals surface area contributed by atoms with Crippen molar-refractivity contribution >= 4 is 34.6 Å². The van der Waals surface area contributed by atoms with Crippen molar-refractivity contribution in [2.24, 2.45) is 0 Å². The second-order valence-electron chi connectivity index (χ2n) is 6.77. The summed E-state index contributed by atoms with van der Waals surface area (Å²) in [5.74, 6) is -3.10. The average molecular weight is 411 g/mol. The number of H-pyrrole nitrogens is 1. The van der Waals surface area contributed by atoms with Crippen LogP contribution in [0.4, 0.5) is 5.69 Å². The first-order valence-electron chi connectivity index (χ1n) is 9.25. The number of carboxylic acids is 2. The molecule has 0 bridgehead atoms. The molecule has 2 aromatic heterocycles. The number of aliphatic carboxylic acids is 2. The Morgan fingerprint density at radius 2 is 1.93 bits per heavy atom. The second-order valence-corrected chi connectivity index (χ2v) is 6.77. The van der Waals surface area contributed by atoms with E-state index in [0.717, 1.165) is 22.2 Å². The molecule has 0 fully saturated rings. The average Bonchev–Trinajstić information content (AvgIpc) is 3.13. The number of amides is 1. The molecule has 3 aromatic rings. The van der Waals surface area contributed by atoms with Gasteiger partial charge >= 0.3 is 11.9 Å². The number of rotatable bonds is 9. The summed E-state index contributed by atoms with van der Waals surface area (Å²) < 4.78 is 0. The van der Waals surface area contributed by atoms with Crippen molar-refractivity contribution in [3.8, 4) is 0 Å². The molecule has 0 spiro atoms. The number of hydrogen-bond donors (Lipinski definition) is 5. The van der Waals surface area contributed by atoms with E-state index in [4.69, 9.17) is 10.8 Å². The third kappa shape index (κ3) is 4.72. The van der Waals surface area contributed by atoms with Gasteiger partial charge < -0.3 is 26.2 Å². The van der Waals surface area contributed by atoms with E-state index in [-0.39, 0.29) is 24.1 Å². The predicted octanol–water partition coefficient (Wildman–Crippen LogP) is 1.37. The molecule has 10 heteroatoms. The fourth-order valence-corrected chi connectivity index (χ4v) is 3.18. The van der Waals surface area contributed by atoms with E-state index in [1.807, 2.05) is 6.20 Å². The monoisotopic (exact) mass is 411 g/mol. The van der Waals surface area contributed by atoms with Crippen LogP contribution in [0.25, 0.3) is 11.0 Å². The van der Waals surface area contributed by atoms with Gasteiger partial charge in [-0.2, -0.15) is 0 Å². The van der Waals surface area contributed by atoms with Gasteiger partial charge in [0.1, 0.15) is 18.0 Å². The van der Waals surface area contributed by atoms with E-state index in [2.05, 4.69) is 20.3 Å². The van der Waals surface area contributed by atoms with Crippen LogP contribution in [0.1, 0.15) is 34.3 Å². The van der Waals surface area contributed by atoms with Crippen LogP contribution >= 0.6 is 0 Å². The first kappa shape index (κ1) is 20.8. The van der Waals surface area contributed by atoms with Gasteiger partial charge in [-0.1, -0.05) is 12.1 Å². The lowest BCUT2D eigenvalue weighted by molar-refractivity contribution is -0.140. The quantitative estimate of drug-likeness (QED) is 0.328. The third-order valence-electron chi connectivity index (χ3n) is 4.80. The molecule has 1 amide bonds. The zero-order chi connectivity index (χ0) is 21.7. The zero-order valence-corrected chi connectivity index (χ0v) is 16.0. The highest BCUT2D eigenvalue weighted by Crippen LogP contribution is 2.22. The lowest BCUT2D eigenvalue weighted by Gasteiger charge is -2.16. The highest BCUT2D eigenvalue weighted by molar-refractivity contribution is 6.01. The number of aromatic nitrogens is 3. The minimum Gasteiger partial charge on any atom is -0.481 e. The number of aryl methyl sites for hydroxylation is 2. The number of carbonyl (C=O) groups excluding carboxylic acids is 1. The Morgan fingerprint density at radius 1 is 1.17 bits per heavy atom. The van der Waals surface area contributed by atoms with Gasteiger partial charge in [-0.15, -0.1) is 0 Å². The number of aromatic amines is 1. The van der Waals surface area contributed by atoms with Gasteiger partial charge in [0.25, 0.3) is 5.91 Å². The van der Waals surface area contributed by atoms with Crippen LogP contribution in [0.2, 0.25) is 0 Å². The molecule has 0 aliphatic carbocycles. The number of fused-ring (bicyclic) bond motifs is 1. The highest BCUT2D eigenvalue weighted by atomic mass is 16.4. The Kier molecular flexibility index (Phi) is 6.26. The lowest BCUT2D eigenvalue weighted by Crippen LogP contribution is -2.41. The second kappa shape index (κ2) is 9.03. The summed E-state index contributed by atoms with van der Waals surface area (Å²) in [7, 11) is 0. The van der Waals surface area contributed by atoms with Crippen LogP contribution in [0.5, 0.6) is 0 Å². The number of nitrogens with one attached hydrogen (secondary N) is 2. The summed E-state index contributed by atoms with van der Waals surface area (Å²) in [5.41, 5.74) is 9.08. The van der Waals surface area contributed by atoms with Gasteiger partial charge in [0.15, 0.2) is 0 Å². The normalized spacial score (nSPS) is 11.9. The van der Waals surface area contributed by atoms with Gasteiger partial charge in [0.05, 0.1) is 5.56 Å². The van der Waals surface area contributed by atoms with Gasteiger partial charge in [-0.25, -0.2) is 14.8 Å². The molecule has 30 heavy (non-hydrogen) atoms. The maximum absolute atomic E-state index is 12.6. The molecule has 0 radical (unpaired) electrons. The smallest absolute Gasteiger partial charge is 0.326 e. The minimum absolute atomic E-state index is 0.149. The van der Waals surface area contributed by atoms with E-state index in [1.165, 1.54) is 12.4 Å². The molecule has 156 valence electrons. The molecule has 2 heterocycles. The number of hydrogen-bond acceptors (Lipinski definition) is 6. The summed E-state index contributed by atoms with van der Waals surface area (Å²) >= 11 is 0. The Morgan fingerprint density at radius 3 is 2.67 bits per heavy atom. The van der Waals surface area contributed by atoms with Gasteiger partial charge in [-0.05, 0) is 36.5 Å². The fourth-order valence-electron chi connectivity index (χ4n) is 3.18. The number of carbonyl (C=O) groups is 3. The summed E-state index contributed by atoms with van der Waals surface area (Å²) in [6.45, 7) is 0. The van der Waals surface area contributed by atoms with Crippen LogP contribution in [-0.4, -0.2) is 49.1 Å². The van der Waals surface area contributed by atoms with E-state index >= 15 is 0 Å². The van der Waals surface area contributed by atoms with Crippen molar-refractivity contribution in [1.29, 1.82) is 0 Å². The molecule has 0 aliphatic heterocycles. The number of anilines is 1. The third-order valence-corrected chi connectivity index (χ3v) is 4.80. The summed E-state index contributed by atoms with van der Waals surface area (Å²) in [6, 6.07) is 3.66. The Labute approximate surface area is 171 Å². The first-order chi connectivity index (χ1) is 14.4. The molecule has 6 N–H and O–H groups in total. The molecule has 1 aromatic carbocycles. The van der Waals surface area contributed by atoms with E-state index < -0.39 is 23.9 Å². The summed E-state index contributed by atoms with van der Waals surface area (Å²) in [6.07, 6.45) is 5.63. The van der Waals surface area contributed by atoms with Gasteiger partial charge in [-0.3, -0.25) is 9.59 Å². The molecule has 0 aliphatic rings. The largest absolute Gasteiger partial charge is 0.481 e. The number of para-hydroxylation sites is 1. The fraction of sp³-hybridized carbons (Fsp3) is 0.250. The number of nitrogens with two attached hydrogens (primary N) is 1. The molecular weight excluding hydrogens is 390 g/mol. The first-order valence-corrected chi connectivity index (χ1v) is 9.25. The van der Waals surface area contributed by atoms with E-state index in [1.54, 1.807) is 18.3 Å². The van der Waals surface area contributed by atoms with Crippen molar-refractivity contribution in [2.45, 2.75) is 31.7 Å². The van der Waals surface area contributed by atoms with Crippen molar-refractivity contribution < 1.29 is 24.6 Å². The SMILES string of the molecule is Nc1c(CCc2c[nH]c3ncncc23)cccc1C(=O)N[C@@H](CCC(=O)O)C(=O)O. The molecule has 3 rings (SSSR count). The van der Waals surface area contributed by atoms with E-state index in [9.17, 15) is 19.5 Å². The molecule has 10 nitrogen and oxygen atoms in total. The summed E-state index contributed by atoms with van der Waals surface area (Å²) in [4.78, 5) is 45.8. The predicted molar refractivity (Wildman–Crippen MR) is 108 cm³/mol. The maximum Gasteiger partial charge on any atom is 0.326 e. The maximum atomic E-state index is 12.6. The lowest BCUT2D eigenvalue weighted by atomic mass is 10.00. The van der Waals surface area contributed by atoms with Crippen LogP contribution in [0.15, 0.2) is 36.9 Å². The standard InChI is InChI=1S/C20H21N5O5/c21-17-11(4-5-12-8-23-18-14(12)9-22-10-24-18)2-1-3-13(17)19(28)25-15(20(29)30)6-7-16(26)27/h1-3,8-10,15H,4-7,21H2,(H,25,28)(H,26,27)(H,29,30)(H,22,23,24)/t15-/m0/s1. The number of benzene rings is 1. The number of carboxylic acid groups (broad SMARTS) is 2. The molecule has 0 saturated heterocycles. The molecular formula is C20H21N5O5. The minimum atomic E-state index is -1.32.